The van der Waals surface area contributed by atoms with Crippen molar-refractivity contribution >= 4 is 29.7 Å². The number of carbonyl (C=O) groups is 2. The minimum absolute atomic E-state index is 0.0231. The van der Waals surface area contributed by atoms with E-state index in [9.17, 15) is 9.59 Å². The first-order valence-corrected chi connectivity index (χ1v) is 10.1. The van der Waals surface area contributed by atoms with Crippen molar-refractivity contribution in [2.24, 2.45) is 4.99 Å². The third-order valence-electron chi connectivity index (χ3n) is 4.58. The Bertz CT molecular complexity index is 1120. The Hall–Kier alpha value is -4.06. The second-order valence-corrected chi connectivity index (χ2v) is 6.88. The van der Waals surface area contributed by atoms with Gasteiger partial charge in [0.2, 0.25) is 0 Å². The van der Waals surface area contributed by atoms with Gasteiger partial charge in [0, 0.05) is 18.3 Å². The Morgan fingerprint density at radius 3 is 2.19 bits per heavy atom. The van der Waals surface area contributed by atoms with E-state index in [0.29, 0.717) is 11.8 Å². The summed E-state index contributed by atoms with van der Waals surface area (Å²) in [6.45, 7) is 4.00. The van der Waals surface area contributed by atoms with Gasteiger partial charge >= 0.3 is 0 Å². The number of anilines is 1. The van der Waals surface area contributed by atoms with Gasteiger partial charge in [-0.3, -0.25) is 14.6 Å². The number of aliphatic imine (C=N–C) groups is 1. The van der Waals surface area contributed by atoms with Crippen molar-refractivity contribution in [1.82, 2.24) is 0 Å². The van der Waals surface area contributed by atoms with E-state index in [0.717, 1.165) is 40.2 Å². The number of phenols is 1. The molecule has 3 aromatic rings. The third kappa shape index (κ3) is 6.74. The molecule has 6 nitrogen and oxygen atoms in total. The summed E-state index contributed by atoms with van der Waals surface area (Å²) in [6.07, 6.45) is 1.89. The van der Waals surface area contributed by atoms with Crippen molar-refractivity contribution in [3.8, 4) is 16.9 Å². The van der Waals surface area contributed by atoms with Gasteiger partial charge < -0.3 is 15.8 Å². The fourth-order valence-electron chi connectivity index (χ4n) is 2.92. The summed E-state index contributed by atoms with van der Waals surface area (Å²) in [5, 5.41) is 18.3. The Kier molecular flexibility index (Phi) is 9.05. The number of rotatable bonds is 5. The summed E-state index contributed by atoms with van der Waals surface area (Å²) in [5.74, 6) is 0.101. The summed E-state index contributed by atoms with van der Waals surface area (Å²) in [6, 6.07) is 20.9. The molecule has 0 spiro atoms. The first kappa shape index (κ1) is 24.2. The highest BCUT2D eigenvalue weighted by Crippen LogP contribution is 2.25. The summed E-state index contributed by atoms with van der Waals surface area (Å²) in [7, 11) is 1.83. The molecule has 0 saturated heterocycles. The van der Waals surface area contributed by atoms with Crippen LogP contribution in [0.4, 0.5) is 5.69 Å². The van der Waals surface area contributed by atoms with Crippen LogP contribution in [-0.2, 0) is 0 Å². The van der Waals surface area contributed by atoms with Crippen LogP contribution in [0.5, 0.6) is 5.75 Å². The molecule has 0 aliphatic carbocycles. The van der Waals surface area contributed by atoms with E-state index in [-0.39, 0.29) is 11.5 Å². The van der Waals surface area contributed by atoms with Crippen LogP contribution in [-0.4, -0.2) is 42.7 Å². The highest BCUT2D eigenvalue weighted by Gasteiger charge is 2.13. The Balaban J connectivity index is 0.000000211. The predicted molar refractivity (Wildman–Crippen MR) is 131 cm³/mol. The highest BCUT2D eigenvalue weighted by atomic mass is 16.3. The molecule has 0 aromatic heterocycles. The first-order valence-electron chi connectivity index (χ1n) is 10.1. The monoisotopic (exact) mass is 429 g/mol. The fraction of sp³-hybridized carbons (Fsp3) is 0.154. The minimum Gasteiger partial charge on any atom is -0.507 e. The fourth-order valence-corrected chi connectivity index (χ4v) is 2.92. The molecule has 6 heteroatoms. The number of aromatic hydroxyl groups is 1. The molecule has 1 aliphatic rings. The number of carbonyl (C=O) groups excluding carboxylic acids is 2. The molecule has 0 amide bonds. The summed E-state index contributed by atoms with van der Waals surface area (Å²) >= 11 is 0. The molecule has 0 bridgehead atoms. The van der Waals surface area contributed by atoms with Gasteiger partial charge in [0.1, 0.15) is 5.75 Å². The van der Waals surface area contributed by atoms with E-state index in [2.05, 4.69) is 22.4 Å². The number of benzene rings is 3. The molecule has 164 valence electrons. The lowest BCUT2D eigenvalue weighted by Crippen LogP contribution is -2.00. The predicted octanol–water partition coefficient (Wildman–Crippen LogP) is 5.26. The maximum absolute atomic E-state index is 11.4. The van der Waals surface area contributed by atoms with Gasteiger partial charge in [-0.15, -0.1) is 0 Å². The lowest BCUT2D eigenvalue weighted by Gasteiger charge is -2.09. The average Bonchev–Trinajstić information content (AvgIpc) is 3.66. The number of nitrogens with one attached hydrogen (secondary N) is 2. The van der Waals surface area contributed by atoms with Crippen LogP contribution < -0.4 is 5.32 Å². The zero-order chi connectivity index (χ0) is 23.5. The second kappa shape index (κ2) is 12.0. The van der Waals surface area contributed by atoms with Crippen LogP contribution in [0.3, 0.4) is 0 Å². The topological polar surface area (TPSA) is 103 Å². The van der Waals surface area contributed by atoms with E-state index in [1.54, 1.807) is 26.0 Å². The normalized spacial score (nSPS) is 10.9. The number of aldehydes is 1. The number of Topliss-reactive ketones (excluding diaryl/α,β-unsaturated/α-hetero) is 1. The highest BCUT2D eigenvalue weighted by molar-refractivity contribution is 6.11. The first-order chi connectivity index (χ1) is 15.4. The molecule has 3 N–H and O–H groups in total. The van der Waals surface area contributed by atoms with Crippen molar-refractivity contribution < 1.29 is 14.7 Å². The van der Waals surface area contributed by atoms with Crippen molar-refractivity contribution in [2.45, 2.75) is 13.8 Å². The Morgan fingerprint density at radius 2 is 1.66 bits per heavy atom. The van der Waals surface area contributed by atoms with E-state index < -0.39 is 0 Å². The molecule has 4 rings (SSSR count). The molecule has 0 radical (unpaired) electrons. The van der Waals surface area contributed by atoms with Crippen molar-refractivity contribution in [3.05, 3.63) is 83.4 Å². The van der Waals surface area contributed by atoms with E-state index in [1.807, 2.05) is 43.4 Å². The van der Waals surface area contributed by atoms with Gasteiger partial charge in [0.15, 0.2) is 12.1 Å². The zero-order valence-corrected chi connectivity index (χ0v) is 18.4. The van der Waals surface area contributed by atoms with Crippen LogP contribution in [0.15, 0.2) is 71.7 Å². The molecule has 0 fully saturated rings. The largest absolute Gasteiger partial charge is 0.507 e. The van der Waals surface area contributed by atoms with Crippen LogP contribution in [0.25, 0.3) is 11.1 Å². The lowest BCUT2D eigenvalue weighted by molar-refractivity contribution is 0.101. The van der Waals surface area contributed by atoms with Crippen molar-refractivity contribution in [1.29, 1.82) is 5.41 Å². The second-order valence-electron chi connectivity index (χ2n) is 6.88. The van der Waals surface area contributed by atoms with Crippen LogP contribution >= 0.6 is 0 Å². The zero-order valence-electron chi connectivity index (χ0n) is 18.4. The standard InChI is InChI=1S/C15H15NO.C9H7NO2.C2H5N/c1-11(17)14-9-8-13(10-15(14)16-2)12-6-4-3-5-7-12;11-5-7-3-6(8-4-10-8)1-2-9(7)12;1-2-3/h3-10,16H,1-2H3;1-3,5,12H,4H2;2-3H,1H3. The maximum Gasteiger partial charge on any atom is 0.161 e. The summed E-state index contributed by atoms with van der Waals surface area (Å²) in [4.78, 5) is 25.9. The van der Waals surface area contributed by atoms with Crippen LogP contribution in [0, 0.1) is 5.41 Å². The Morgan fingerprint density at radius 1 is 1.03 bits per heavy atom. The smallest absolute Gasteiger partial charge is 0.161 e. The van der Waals surface area contributed by atoms with E-state index in [4.69, 9.17) is 10.5 Å². The van der Waals surface area contributed by atoms with Gasteiger partial charge in [-0.2, -0.15) is 0 Å². The van der Waals surface area contributed by atoms with Crippen molar-refractivity contribution in [2.75, 3.05) is 18.9 Å². The number of nitrogens with zero attached hydrogens (tertiary/aromatic N) is 1. The summed E-state index contributed by atoms with van der Waals surface area (Å²) < 4.78 is 0. The molecule has 32 heavy (non-hydrogen) atoms. The molecule has 0 atom stereocenters. The molecule has 1 heterocycles. The average molecular weight is 430 g/mol. The number of phenolic OH excluding ortho intramolecular Hbond substituents is 1. The lowest BCUT2D eigenvalue weighted by atomic mass is 10.0. The van der Waals surface area contributed by atoms with Crippen LogP contribution in [0.2, 0.25) is 0 Å². The number of hydrogen-bond donors (Lipinski definition) is 3. The van der Waals surface area contributed by atoms with Crippen LogP contribution in [0.1, 0.15) is 40.1 Å². The molecular weight excluding hydrogens is 402 g/mol. The van der Waals surface area contributed by atoms with Gasteiger partial charge in [-0.05, 0) is 67.1 Å². The third-order valence-corrected chi connectivity index (χ3v) is 4.58. The molecular formula is C26H27N3O3. The van der Waals surface area contributed by atoms with Gasteiger partial charge in [0.05, 0.1) is 17.8 Å². The molecule has 0 saturated carbocycles. The molecule has 1 aliphatic heterocycles. The van der Waals surface area contributed by atoms with E-state index in [1.165, 1.54) is 12.3 Å². The SMILES string of the molecule is CC=N.CNc1cc(-c2ccccc2)ccc1C(C)=O.O=Cc1cc(C2=NC2)ccc1O. The van der Waals surface area contributed by atoms with Gasteiger partial charge in [0.25, 0.3) is 0 Å². The number of ketones is 1. The van der Waals surface area contributed by atoms with Gasteiger partial charge in [-0.25, -0.2) is 0 Å². The number of hydrogen-bond acceptors (Lipinski definition) is 6. The Labute approximate surface area is 188 Å². The van der Waals surface area contributed by atoms with Gasteiger partial charge in [-0.1, -0.05) is 36.4 Å². The molecule has 3 aromatic carbocycles. The molecule has 0 unspecified atom stereocenters. The maximum atomic E-state index is 11.4. The minimum atomic E-state index is 0.0231. The van der Waals surface area contributed by atoms with Crippen molar-refractivity contribution in [3.63, 3.8) is 0 Å². The quantitative estimate of drug-likeness (QED) is 0.292. The summed E-state index contributed by atoms with van der Waals surface area (Å²) in [5.41, 5.74) is 6.11. The van der Waals surface area contributed by atoms with E-state index >= 15 is 0 Å².